The average molecular weight is 417 g/mol. The number of rotatable bonds is 5. The van der Waals surface area contributed by atoms with Crippen LogP contribution in [0.25, 0.3) is 28.3 Å². The molecule has 4 aromatic rings. The van der Waals surface area contributed by atoms with Gasteiger partial charge in [-0.2, -0.15) is 0 Å². The third kappa shape index (κ3) is 4.50. The highest BCUT2D eigenvalue weighted by Gasteiger charge is 2.12. The van der Waals surface area contributed by atoms with Gasteiger partial charge in [0.15, 0.2) is 0 Å². The largest absolute Gasteiger partial charge is 0.373 e. The Labute approximate surface area is 190 Å². The van der Waals surface area contributed by atoms with Gasteiger partial charge in [-0.1, -0.05) is 66.2 Å². The van der Waals surface area contributed by atoms with Crippen LogP contribution in [0, 0.1) is 13.8 Å². The Morgan fingerprint density at radius 2 is 1.44 bits per heavy atom. The molecule has 0 fully saturated rings. The zero-order chi connectivity index (χ0) is 21.9. The number of benzene rings is 3. The summed E-state index contributed by atoms with van der Waals surface area (Å²) < 4.78 is 0. The van der Waals surface area contributed by atoms with Gasteiger partial charge in [0.1, 0.15) is 0 Å². The first-order valence-corrected chi connectivity index (χ1v) is 11.3. The van der Waals surface area contributed by atoms with Crippen molar-refractivity contribution in [3.8, 4) is 22.3 Å². The quantitative estimate of drug-likeness (QED) is 0.346. The van der Waals surface area contributed by atoms with E-state index in [4.69, 9.17) is 0 Å². The van der Waals surface area contributed by atoms with Gasteiger partial charge in [0.2, 0.25) is 0 Å². The van der Waals surface area contributed by atoms with Crippen LogP contribution in [0.3, 0.4) is 0 Å². The van der Waals surface area contributed by atoms with Crippen molar-refractivity contribution in [2.75, 3.05) is 6.54 Å². The second-order valence-corrected chi connectivity index (χ2v) is 8.70. The zero-order valence-corrected chi connectivity index (χ0v) is 18.8. The lowest BCUT2D eigenvalue weighted by molar-refractivity contribution is 0.371. The minimum atomic E-state index is 0.967. The van der Waals surface area contributed by atoms with E-state index >= 15 is 0 Å². The summed E-state index contributed by atoms with van der Waals surface area (Å²) in [5.41, 5.74) is 11.5. The molecule has 0 unspecified atom stereocenters. The summed E-state index contributed by atoms with van der Waals surface area (Å²) in [6.45, 7) is 6.15. The minimum Gasteiger partial charge on any atom is -0.373 e. The lowest BCUT2D eigenvalue weighted by atomic mass is 9.96. The molecule has 2 heteroatoms. The molecule has 0 atom stereocenters. The van der Waals surface area contributed by atoms with Crippen LogP contribution < -0.4 is 0 Å². The summed E-state index contributed by atoms with van der Waals surface area (Å²) in [4.78, 5) is 6.70. The first kappa shape index (κ1) is 20.3. The van der Waals surface area contributed by atoms with E-state index in [9.17, 15) is 0 Å². The third-order valence-electron chi connectivity index (χ3n) is 6.24. The lowest BCUT2D eigenvalue weighted by Crippen LogP contribution is -2.22. The van der Waals surface area contributed by atoms with Gasteiger partial charge in [0.05, 0.1) is 0 Å². The van der Waals surface area contributed by atoms with Crippen LogP contribution in [0.15, 0.2) is 91.3 Å². The smallest absolute Gasteiger partial charge is 0.0430 e. The Morgan fingerprint density at radius 1 is 0.750 bits per heavy atom. The Kier molecular flexibility index (Phi) is 5.60. The molecule has 0 saturated carbocycles. The minimum absolute atomic E-state index is 0.967. The van der Waals surface area contributed by atoms with Gasteiger partial charge in [-0.15, -0.1) is 0 Å². The van der Waals surface area contributed by atoms with E-state index in [1.807, 2.05) is 13.1 Å². The van der Waals surface area contributed by atoms with Crippen molar-refractivity contribution >= 4 is 6.08 Å². The molecule has 0 saturated heterocycles. The number of nitrogens with zero attached hydrogens (tertiary/aromatic N) is 2. The molecule has 0 aliphatic carbocycles. The predicted molar refractivity (Wildman–Crippen MR) is 134 cm³/mol. The normalized spacial score (nSPS) is 12.6. The molecule has 0 radical (unpaired) electrons. The van der Waals surface area contributed by atoms with Crippen LogP contribution in [0.5, 0.6) is 0 Å². The topological polar surface area (TPSA) is 16.1 Å². The Hall–Kier alpha value is -3.65. The van der Waals surface area contributed by atoms with Crippen molar-refractivity contribution in [2.45, 2.75) is 26.8 Å². The summed E-state index contributed by atoms with van der Waals surface area (Å²) >= 11 is 0. The molecule has 2 nitrogen and oxygen atoms in total. The molecule has 1 aliphatic rings. The maximum atomic E-state index is 4.29. The van der Waals surface area contributed by atoms with Gasteiger partial charge in [-0.05, 0) is 89.7 Å². The van der Waals surface area contributed by atoms with Crippen LogP contribution in [-0.4, -0.2) is 16.4 Å². The van der Waals surface area contributed by atoms with Crippen LogP contribution in [0.1, 0.15) is 27.9 Å². The summed E-state index contributed by atoms with van der Waals surface area (Å²) in [6.07, 6.45) is 7.42. The fourth-order valence-corrected chi connectivity index (χ4v) is 4.29. The SMILES string of the molecule is Cc1ccc(-c2ccc3c(c2)C=CN(CCc2ccc(-c4ccnc(C)c4)cc2)C3)cc1. The lowest BCUT2D eigenvalue weighted by Gasteiger charge is -2.26. The van der Waals surface area contributed by atoms with Gasteiger partial charge in [0.25, 0.3) is 0 Å². The van der Waals surface area contributed by atoms with E-state index in [0.29, 0.717) is 0 Å². The highest BCUT2D eigenvalue weighted by molar-refractivity contribution is 5.70. The highest BCUT2D eigenvalue weighted by Crippen LogP contribution is 2.27. The third-order valence-corrected chi connectivity index (χ3v) is 6.24. The van der Waals surface area contributed by atoms with E-state index in [0.717, 1.165) is 25.2 Å². The Balaban J connectivity index is 1.22. The first-order valence-electron chi connectivity index (χ1n) is 11.3. The fraction of sp³-hybridized carbons (Fsp3) is 0.167. The maximum Gasteiger partial charge on any atom is 0.0430 e. The fourth-order valence-electron chi connectivity index (χ4n) is 4.29. The summed E-state index contributed by atoms with van der Waals surface area (Å²) in [7, 11) is 0. The molecule has 158 valence electrons. The highest BCUT2D eigenvalue weighted by atomic mass is 15.1. The van der Waals surface area contributed by atoms with E-state index in [1.165, 1.54) is 44.5 Å². The number of hydrogen-bond acceptors (Lipinski definition) is 2. The molecule has 5 rings (SSSR count). The first-order chi connectivity index (χ1) is 15.6. The molecule has 3 aromatic carbocycles. The Bertz CT molecular complexity index is 1250. The summed E-state index contributed by atoms with van der Waals surface area (Å²) in [6, 6.07) is 28.8. The van der Waals surface area contributed by atoms with Crippen molar-refractivity contribution in [3.05, 3.63) is 119 Å². The monoisotopic (exact) mass is 416 g/mol. The van der Waals surface area contributed by atoms with Gasteiger partial charge < -0.3 is 4.90 Å². The molecule has 1 aromatic heterocycles. The van der Waals surface area contributed by atoms with Crippen molar-refractivity contribution in [3.63, 3.8) is 0 Å². The number of aromatic nitrogens is 1. The summed E-state index contributed by atoms with van der Waals surface area (Å²) in [5, 5.41) is 0. The summed E-state index contributed by atoms with van der Waals surface area (Å²) in [5.74, 6) is 0. The number of aryl methyl sites for hydroxylation is 2. The van der Waals surface area contributed by atoms with E-state index in [-0.39, 0.29) is 0 Å². The van der Waals surface area contributed by atoms with Crippen molar-refractivity contribution in [1.82, 2.24) is 9.88 Å². The van der Waals surface area contributed by atoms with Gasteiger partial charge in [-0.25, -0.2) is 0 Å². The molecule has 0 bridgehead atoms. The van der Waals surface area contributed by atoms with E-state index in [1.54, 1.807) is 0 Å². The van der Waals surface area contributed by atoms with E-state index < -0.39 is 0 Å². The van der Waals surface area contributed by atoms with Gasteiger partial charge in [-0.3, -0.25) is 4.98 Å². The van der Waals surface area contributed by atoms with Crippen LogP contribution in [-0.2, 0) is 13.0 Å². The van der Waals surface area contributed by atoms with Gasteiger partial charge >= 0.3 is 0 Å². The van der Waals surface area contributed by atoms with Crippen LogP contribution >= 0.6 is 0 Å². The molecule has 0 N–H and O–H groups in total. The second-order valence-electron chi connectivity index (χ2n) is 8.70. The number of pyridine rings is 1. The molecule has 0 amide bonds. The molecule has 2 heterocycles. The number of hydrogen-bond donors (Lipinski definition) is 0. The van der Waals surface area contributed by atoms with Gasteiger partial charge in [0, 0.05) is 25.0 Å². The predicted octanol–water partition coefficient (Wildman–Crippen LogP) is 7.06. The van der Waals surface area contributed by atoms with Crippen LogP contribution in [0.4, 0.5) is 0 Å². The van der Waals surface area contributed by atoms with Crippen molar-refractivity contribution in [1.29, 1.82) is 0 Å². The maximum absolute atomic E-state index is 4.29. The molecule has 0 spiro atoms. The molecular weight excluding hydrogens is 388 g/mol. The van der Waals surface area contributed by atoms with Crippen molar-refractivity contribution in [2.24, 2.45) is 0 Å². The second kappa shape index (κ2) is 8.84. The molecular formula is C30H28N2. The molecule has 1 aliphatic heterocycles. The average Bonchev–Trinajstić information content (AvgIpc) is 2.83. The molecule has 32 heavy (non-hydrogen) atoms. The van der Waals surface area contributed by atoms with Crippen LogP contribution in [0.2, 0.25) is 0 Å². The van der Waals surface area contributed by atoms with Crippen molar-refractivity contribution < 1.29 is 0 Å². The standard InChI is InChI=1S/C30H28N2/c1-22-3-7-25(8-4-22)27-11-12-30-21-32(18-15-29(30)20-27)17-14-24-5-9-26(10-6-24)28-13-16-31-23(2)19-28/h3-13,15-16,18-20H,14,17,21H2,1-2H3. The van der Waals surface area contributed by atoms with E-state index in [2.05, 4.69) is 108 Å². The number of fused-ring (bicyclic) bond motifs is 1. The zero-order valence-electron chi connectivity index (χ0n) is 18.8. The Morgan fingerprint density at radius 3 is 2.19 bits per heavy atom.